The van der Waals surface area contributed by atoms with Gasteiger partial charge in [-0.2, -0.15) is 0 Å². The Kier molecular flexibility index (Phi) is 7.10. The molecule has 0 atom stereocenters. The van der Waals surface area contributed by atoms with Crippen LogP contribution in [0.1, 0.15) is 35.2 Å². The Labute approximate surface area is 190 Å². The number of likely N-dealkylation sites (tertiary alicyclic amines) is 1. The number of carbonyl (C=O) groups is 1. The highest BCUT2D eigenvalue weighted by Gasteiger charge is 2.24. The van der Waals surface area contributed by atoms with Crippen molar-refractivity contribution in [1.82, 2.24) is 4.90 Å². The van der Waals surface area contributed by atoms with Crippen molar-refractivity contribution in [3.63, 3.8) is 0 Å². The summed E-state index contributed by atoms with van der Waals surface area (Å²) in [6, 6.07) is 24.8. The highest BCUT2D eigenvalue weighted by Crippen LogP contribution is 2.29. The maximum absolute atomic E-state index is 12.9. The van der Waals surface area contributed by atoms with Crippen molar-refractivity contribution in [3.8, 4) is 22.6 Å². The number of piperidine rings is 1. The maximum Gasteiger partial charge on any atom is 0.253 e. The summed E-state index contributed by atoms with van der Waals surface area (Å²) in [5.74, 6) is 1.96. The van der Waals surface area contributed by atoms with Gasteiger partial charge >= 0.3 is 0 Å². The highest BCUT2D eigenvalue weighted by atomic mass is 16.5. The fourth-order valence-electron chi connectivity index (χ4n) is 4.44. The number of carbonyl (C=O) groups excluding carboxylic acids is 1. The molecule has 1 aliphatic rings. The summed E-state index contributed by atoms with van der Waals surface area (Å²) >= 11 is 0. The number of methoxy groups -OCH3 is 2. The molecule has 0 saturated carbocycles. The third-order valence-electron chi connectivity index (χ3n) is 6.43. The predicted molar refractivity (Wildman–Crippen MR) is 128 cm³/mol. The molecule has 3 aromatic carbocycles. The molecule has 1 heterocycles. The number of rotatable bonds is 7. The van der Waals surface area contributed by atoms with Gasteiger partial charge in [0.05, 0.1) is 14.2 Å². The van der Waals surface area contributed by atoms with Crippen LogP contribution >= 0.6 is 0 Å². The SMILES string of the molecule is COc1ccc(C(=O)N2CCC(CCc3ccc(-c4ccccc4)cc3)CC2)cc1OC. The largest absolute Gasteiger partial charge is 0.493 e. The number of benzene rings is 3. The first kappa shape index (κ1) is 21.9. The van der Waals surface area contributed by atoms with Crippen molar-refractivity contribution >= 4 is 5.91 Å². The smallest absolute Gasteiger partial charge is 0.253 e. The summed E-state index contributed by atoms with van der Waals surface area (Å²) in [5, 5.41) is 0. The fraction of sp³-hybridized carbons (Fsp3) is 0.321. The number of nitrogens with zero attached hydrogens (tertiary/aromatic N) is 1. The van der Waals surface area contributed by atoms with Gasteiger partial charge in [0, 0.05) is 18.7 Å². The molecule has 0 N–H and O–H groups in total. The Hall–Kier alpha value is -3.27. The number of hydrogen-bond acceptors (Lipinski definition) is 3. The Balaban J connectivity index is 1.27. The van der Waals surface area contributed by atoms with Gasteiger partial charge in [0.15, 0.2) is 11.5 Å². The van der Waals surface area contributed by atoms with Gasteiger partial charge < -0.3 is 14.4 Å². The zero-order valence-electron chi connectivity index (χ0n) is 18.9. The van der Waals surface area contributed by atoms with E-state index in [4.69, 9.17) is 9.47 Å². The van der Waals surface area contributed by atoms with Crippen LogP contribution < -0.4 is 9.47 Å². The molecule has 4 nitrogen and oxygen atoms in total. The summed E-state index contributed by atoms with van der Waals surface area (Å²) in [4.78, 5) is 14.9. The molecule has 32 heavy (non-hydrogen) atoms. The van der Waals surface area contributed by atoms with Gasteiger partial charge in [-0.3, -0.25) is 4.79 Å². The lowest BCUT2D eigenvalue weighted by Gasteiger charge is -2.32. The second-order valence-corrected chi connectivity index (χ2v) is 8.41. The van der Waals surface area contributed by atoms with Crippen molar-refractivity contribution < 1.29 is 14.3 Å². The van der Waals surface area contributed by atoms with Gasteiger partial charge in [-0.15, -0.1) is 0 Å². The van der Waals surface area contributed by atoms with Crippen molar-refractivity contribution in [2.24, 2.45) is 5.92 Å². The van der Waals surface area contributed by atoms with Crippen molar-refractivity contribution in [3.05, 3.63) is 83.9 Å². The molecule has 1 aliphatic heterocycles. The van der Waals surface area contributed by atoms with E-state index in [9.17, 15) is 4.79 Å². The van der Waals surface area contributed by atoms with Crippen LogP contribution in [0.25, 0.3) is 11.1 Å². The lowest BCUT2D eigenvalue weighted by Crippen LogP contribution is -2.38. The fourth-order valence-corrected chi connectivity index (χ4v) is 4.44. The quantitative estimate of drug-likeness (QED) is 0.472. The average molecular weight is 430 g/mol. The van der Waals surface area contributed by atoms with Crippen molar-refractivity contribution in [2.45, 2.75) is 25.7 Å². The van der Waals surface area contributed by atoms with Gasteiger partial charge in [-0.05, 0) is 66.5 Å². The van der Waals surface area contributed by atoms with Crippen LogP contribution in [0.2, 0.25) is 0 Å². The average Bonchev–Trinajstić information content (AvgIpc) is 2.87. The molecule has 0 aliphatic carbocycles. The predicted octanol–water partition coefficient (Wildman–Crippen LogP) is 5.86. The first-order valence-corrected chi connectivity index (χ1v) is 11.3. The third kappa shape index (κ3) is 5.13. The van der Waals surface area contributed by atoms with E-state index >= 15 is 0 Å². The van der Waals surface area contributed by atoms with Crippen molar-refractivity contribution in [2.75, 3.05) is 27.3 Å². The van der Waals surface area contributed by atoms with Gasteiger partial charge in [0.2, 0.25) is 0 Å². The molecular formula is C28H31NO3. The summed E-state index contributed by atoms with van der Waals surface area (Å²) in [5.41, 5.74) is 4.55. The topological polar surface area (TPSA) is 38.8 Å². The number of hydrogen-bond donors (Lipinski definition) is 0. The number of ether oxygens (including phenoxy) is 2. The molecule has 3 aromatic rings. The summed E-state index contributed by atoms with van der Waals surface area (Å²) in [7, 11) is 3.19. The molecule has 0 aromatic heterocycles. The molecular weight excluding hydrogens is 398 g/mol. The second kappa shape index (κ2) is 10.4. The molecule has 1 fully saturated rings. The minimum Gasteiger partial charge on any atom is -0.493 e. The van der Waals surface area contributed by atoms with Crippen molar-refractivity contribution in [1.29, 1.82) is 0 Å². The van der Waals surface area contributed by atoms with E-state index in [1.807, 2.05) is 17.0 Å². The van der Waals surface area contributed by atoms with Crippen LogP contribution in [-0.4, -0.2) is 38.1 Å². The molecule has 4 rings (SSSR count). The zero-order valence-corrected chi connectivity index (χ0v) is 18.9. The van der Waals surface area contributed by atoms with E-state index < -0.39 is 0 Å². The minimum absolute atomic E-state index is 0.0703. The van der Waals surface area contributed by atoms with E-state index in [0.29, 0.717) is 23.0 Å². The van der Waals surface area contributed by atoms with E-state index in [-0.39, 0.29) is 5.91 Å². The molecule has 4 heteroatoms. The van der Waals surface area contributed by atoms with Crippen LogP contribution in [-0.2, 0) is 6.42 Å². The molecule has 166 valence electrons. The van der Waals surface area contributed by atoms with Crippen LogP contribution in [0, 0.1) is 5.92 Å². The highest BCUT2D eigenvalue weighted by molar-refractivity contribution is 5.95. The van der Waals surface area contributed by atoms with Gasteiger partial charge in [-0.1, -0.05) is 54.6 Å². The zero-order chi connectivity index (χ0) is 22.3. The molecule has 1 amide bonds. The lowest BCUT2D eigenvalue weighted by atomic mass is 9.90. The van der Waals surface area contributed by atoms with Crippen LogP contribution in [0.3, 0.4) is 0 Å². The molecule has 0 spiro atoms. The Morgan fingerprint density at radius 2 is 1.50 bits per heavy atom. The van der Waals surface area contributed by atoms with E-state index in [2.05, 4.69) is 48.5 Å². The van der Waals surface area contributed by atoms with Gasteiger partial charge in [0.1, 0.15) is 0 Å². The standard InChI is InChI=1S/C28H31NO3/c1-31-26-15-14-25(20-27(26)32-2)28(30)29-18-16-22(17-19-29)9-8-21-10-12-24(13-11-21)23-6-4-3-5-7-23/h3-7,10-15,20,22H,8-9,16-19H2,1-2H3. The molecule has 0 unspecified atom stereocenters. The monoisotopic (exact) mass is 429 g/mol. The van der Waals surface area contributed by atoms with E-state index in [1.165, 1.54) is 23.1 Å². The third-order valence-corrected chi connectivity index (χ3v) is 6.43. The first-order chi connectivity index (χ1) is 15.7. The number of aryl methyl sites for hydroxylation is 1. The molecule has 1 saturated heterocycles. The lowest BCUT2D eigenvalue weighted by molar-refractivity contribution is 0.0686. The van der Waals surface area contributed by atoms with Crippen LogP contribution in [0.5, 0.6) is 11.5 Å². The summed E-state index contributed by atoms with van der Waals surface area (Å²) in [6.07, 6.45) is 4.37. The Morgan fingerprint density at radius 1 is 0.844 bits per heavy atom. The number of amides is 1. The van der Waals surface area contributed by atoms with Gasteiger partial charge in [0.25, 0.3) is 5.91 Å². The van der Waals surface area contributed by atoms with Crippen LogP contribution in [0.4, 0.5) is 0 Å². The minimum atomic E-state index is 0.0703. The summed E-state index contributed by atoms with van der Waals surface area (Å²) in [6.45, 7) is 1.62. The maximum atomic E-state index is 12.9. The molecule has 0 radical (unpaired) electrons. The first-order valence-electron chi connectivity index (χ1n) is 11.3. The Morgan fingerprint density at radius 3 is 2.16 bits per heavy atom. The van der Waals surface area contributed by atoms with Crippen LogP contribution in [0.15, 0.2) is 72.8 Å². The Bertz CT molecular complexity index is 1020. The molecule has 0 bridgehead atoms. The van der Waals surface area contributed by atoms with E-state index in [1.54, 1.807) is 26.4 Å². The van der Waals surface area contributed by atoms with Gasteiger partial charge in [-0.25, -0.2) is 0 Å². The summed E-state index contributed by atoms with van der Waals surface area (Å²) < 4.78 is 10.6. The second-order valence-electron chi connectivity index (χ2n) is 8.41. The van der Waals surface area contributed by atoms with E-state index in [0.717, 1.165) is 32.4 Å². The normalized spacial score (nSPS) is 14.2.